The fraction of sp³-hybridized carbons (Fsp3) is 0.238. The van der Waals surface area contributed by atoms with E-state index in [9.17, 15) is 19.2 Å². The lowest BCUT2D eigenvalue weighted by Gasteiger charge is -2.23. The Kier molecular flexibility index (Phi) is 5.90. The molecule has 2 aromatic rings. The van der Waals surface area contributed by atoms with Crippen molar-refractivity contribution in [2.45, 2.75) is 27.7 Å². The van der Waals surface area contributed by atoms with Gasteiger partial charge in [0.15, 0.2) is 11.6 Å². The van der Waals surface area contributed by atoms with E-state index >= 15 is 0 Å². The van der Waals surface area contributed by atoms with E-state index in [1.54, 1.807) is 48.5 Å². The third-order valence-electron chi connectivity index (χ3n) is 4.23. The Hall–Kier alpha value is -3.28. The monoisotopic (exact) mass is 366 g/mol. The number of rotatable bonds is 6. The number of ketones is 2. The van der Waals surface area contributed by atoms with E-state index in [1.165, 1.54) is 27.7 Å². The average Bonchev–Trinajstić information content (AvgIpc) is 2.62. The molecule has 0 unspecified atom stereocenters. The fourth-order valence-electron chi connectivity index (χ4n) is 2.25. The van der Waals surface area contributed by atoms with Gasteiger partial charge in [0.05, 0.1) is 0 Å². The lowest BCUT2D eigenvalue weighted by Crippen LogP contribution is -2.41. The van der Waals surface area contributed by atoms with Gasteiger partial charge >= 0.3 is 0 Å². The Labute approximate surface area is 158 Å². The maximum Gasteiger partial charge on any atom is 0.239 e. The van der Waals surface area contributed by atoms with Crippen molar-refractivity contribution < 1.29 is 19.2 Å². The number of Topliss-reactive ketones (excluding diaryl/α,β-unsaturated/α-hetero) is 2. The number of carbonyl (C=O) groups excluding carboxylic acids is 4. The lowest BCUT2D eigenvalue weighted by atomic mass is 9.90. The van der Waals surface area contributed by atoms with Crippen LogP contribution in [0.1, 0.15) is 48.4 Å². The molecule has 0 heterocycles. The lowest BCUT2D eigenvalue weighted by molar-refractivity contribution is -0.135. The first-order valence-corrected chi connectivity index (χ1v) is 8.46. The van der Waals surface area contributed by atoms with Crippen LogP contribution in [0.25, 0.3) is 0 Å². The number of hydrogen-bond donors (Lipinski definition) is 2. The van der Waals surface area contributed by atoms with Gasteiger partial charge in [0.1, 0.15) is 5.41 Å². The van der Waals surface area contributed by atoms with Gasteiger partial charge in [-0.15, -0.1) is 0 Å². The third kappa shape index (κ3) is 4.88. The number of nitrogens with one attached hydrogen (secondary N) is 2. The van der Waals surface area contributed by atoms with Gasteiger partial charge in [-0.2, -0.15) is 0 Å². The van der Waals surface area contributed by atoms with Gasteiger partial charge < -0.3 is 10.6 Å². The van der Waals surface area contributed by atoms with Crippen molar-refractivity contribution in [1.82, 2.24) is 0 Å². The quantitative estimate of drug-likeness (QED) is 0.602. The molecule has 0 saturated carbocycles. The van der Waals surface area contributed by atoms with Crippen molar-refractivity contribution in [3.8, 4) is 0 Å². The molecule has 0 atom stereocenters. The number of carbonyl (C=O) groups is 4. The van der Waals surface area contributed by atoms with Crippen LogP contribution in [0.3, 0.4) is 0 Å². The second-order valence-corrected chi connectivity index (χ2v) is 6.80. The van der Waals surface area contributed by atoms with Gasteiger partial charge in [0.25, 0.3) is 0 Å². The zero-order chi connectivity index (χ0) is 20.2. The molecule has 0 aliphatic heterocycles. The molecule has 0 aliphatic carbocycles. The molecular formula is C21H22N2O4. The van der Waals surface area contributed by atoms with Gasteiger partial charge in [-0.3, -0.25) is 19.2 Å². The smallest absolute Gasteiger partial charge is 0.239 e. The van der Waals surface area contributed by atoms with Gasteiger partial charge in [-0.25, -0.2) is 0 Å². The van der Waals surface area contributed by atoms with Crippen LogP contribution in [0, 0.1) is 5.41 Å². The topological polar surface area (TPSA) is 92.3 Å². The Morgan fingerprint density at radius 1 is 0.630 bits per heavy atom. The second-order valence-electron chi connectivity index (χ2n) is 6.80. The largest absolute Gasteiger partial charge is 0.325 e. The van der Waals surface area contributed by atoms with Gasteiger partial charge in [-0.1, -0.05) is 0 Å². The highest BCUT2D eigenvalue weighted by atomic mass is 16.2. The van der Waals surface area contributed by atoms with E-state index in [-0.39, 0.29) is 11.6 Å². The number of benzene rings is 2. The summed E-state index contributed by atoms with van der Waals surface area (Å²) in [5.41, 5.74) is 0.741. The Morgan fingerprint density at radius 3 is 1.19 bits per heavy atom. The molecule has 27 heavy (non-hydrogen) atoms. The van der Waals surface area contributed by atoms with Crippen LogP contribution in [0.2, 0.25) is 0 Å². The van der Waals surface area contributed by atoms with Gasteiger partial charge in [0.2, 0.25) is 11.8 Å². The van der Waals surface area contributed by atoms with Crippen molar-refractivity contribution >= 4 is 34.8 Å². The Balaban J connectivity index is 2.06. The first-order chi connectivity index (χ1) is 12.6. The molecule has 6 nitrogen and oxygen atoms in total. The summed E-state index contributed by atoms with van der Waals surface area (Å²) < 4.78 is 0. The van der Waals surface area contributed by atoms with Crippen molar-refractivity contribution in [2.75, 3.05) is 10.6 Å². The highest BCUT2D eigenvalue weighted by Gasteiger charge is 2.36. The predicted molar refractivity (Wildman–Crippen MR) is 104 cm³/mol. The van der Waals surface area contributed by atoms with Crippen molar-refractivity contribution in [3.63, 3.8) is 0 Å². The van der Waals surface area contributed by atoms with Crippen LogP contribution in [0.4, 0.5) is 11.4 Å². The van der Waals surface area contributed by atoms with E-state index in [0.29, 0.717) is 22.5 Å². The molecular weight excluding hydrogens is 344 g/mol. The van der Waals surface area contributed by atoms with Crippen LogP contribution < -0.4 is 10.6 Å². The molecule has 2 amide bonds. The molecule has 2 N–H and O–H groups in total. The van der Waals surface area contributed by atoms with Crippen LogP contribution in [0.5, 0.6) is 0 Å². The normalized spacial score (nSPS) is 10.8. The zero-order valence-electron chi connectivity index (χ0n) is 15.8. The first-order valence-electron chi connectivity index (χ1n) is 8.46. The summed E-state index contributed by atoms with van der Waals surface area (Å²) in [5, 5.41) is 5.37. The van der Waals surface area contributed by atoms with E-state index in [0.717, 1.165) is 0 Å². The van der Waals surface area contributed by atoms with E-state index in [1.807, 2.05) is 0 Å². The van der Waals surface area contributed by atoms with E-state index in [2.05, 4.69) is 10.6 Å². The fourth-order valence-corrected chi connectivity index (χ4v) is 2.25. The van der Waals surface area contributed by atoms with Gasteiger partial charge in [-0.05, 0) is 76.2 Å². The molecule has 2 rings (SSSR count). The van der Waals surface area contributed by atoms with E-state index in [4.69, 9.17) is 0 Å². The van der Waals surface area contributed by atoms with Crippen molar-refractivity contribution in [1.29, 1.82) is 0 Å². The minimum Gasteiger partial charge on any atom is -0.325 e. The maximum atomic E-state index is 12.5. The second kappa shape index (κ2) is 7.95. The summed E-state index contributed by atoms with van der Waals surface area (Å²) in [6, 6.07) is 12.9. The minimum absolute atomic E-state index is 0.0663. The number of hydrogen-bond acceptors (Lipinski definition) is 4. The first kappa shape index (κ1) is 20.0. The molecule has 6 heteroatoms. The summed E-state index contributed by atoms with van der Waals surface area (Å²) in [7, 11) is 0. The van der Waals surface area contributed by atoms with Gasteiger partial charge in [0, 0.05) is 22.5 Å². The number of anilines is 2. The summed E-state index contributed by atoms with van der Waals surface area (Å²) in [5.74, 6) is -1.08. The molecule has 2 aromatic carbocycles. The summed E-state index contributed by atoms with van der Waals surface area (Å²) in [6.07, 6.45) is 0. The molecule has 0 aliphatic rings. The maximum absolute atomic E-state index is 12.5. The molecule has 0 saturated heterocycles. The third-order valence-corrected chi connectivity index (χ3v) is 4.23. The molecule has 0 radical (unpaired) electrons. The Morgan fingerprint density at radius 2 is 0.926 bits per heavy atom. The standard InChI is InChI=1S/C21H22N2O4/c1-13(24)15-5-9-17(10-6-15)22-19(26)21(3,4)20(27)23-18-11-7-16(8-12-18)14(2)25/h5-12H,1-4H3,(H,22,26)(H,23,27). The average molecular weight is 366 g/mol. The molecule has 140 valence electrons. The molecule has 0 fully saturated rings. The van der Waals surface area contributed by atoms with Crippen LogP contribution in [0.15, 0.2) is 48.5 Å². The van der Waals surface area contributed by atoms with Crippen molar-refractivity contribution in [2.24, 2.45) is 5.41 Å². The summed E-state index contributed by atoms with van der Waals surface area (Å²) >= 11 is 0. The molecule has 0 spiro atoms. The predicted octanol–water partition coefficient (Wildman–Crippen LogP) is 3.70. The molecule has 0 bridgehead atoms. The van der Waals surface area contributed by atoms with Crippen LogP contribution in [-0.2, 0) is 9.59 Å². The summed E-state index contributed by atoms with van der Waals surface area (Å²) in [4.78, 5) is 47.7. The number of amides is 2. The molecule has 0 aromatic heterocycles. The van der Waals surface area contributed by atoms with Crippen molar-refractivity contribution in [3.05, 3.63) is 59.7 Å². The van der Waals surface area contributed by atoms with E-state index < -0.39 is 17.2 Å². The summed E-state index contributed by atoms with van der Waals surface area (Å²) in [6.45, 7) is 5.96. The SMILES string of the molecule is CC(=O)c1ccc(NC(=O)C(C)(C)C(=O)Nc2ccc(C(C)=O)cc2)cc1. The highest BCUT2D eigenvalue weighted by Crippen LogP contribution is 2.22. The minimum atomic E-state index is -1.33. The van der Waals surface area contributed by atoms with Crippen LogP contribution in [-0.4, -0.2) is 23.4 Å². The van der Waals surface area contributed by atoms with Crippen LogP contribution >= 0.6 is 0 Å². The highest BCUT2D eigenvalue weighted by molar-refractivity contribution is 6.14. The zero-order valence-corrected chi connectivity index (χ0v) is 15.8. The Bertz CT molecular complexity index is 808.